The van der Waals surface area contributed by atoms with E-state index in [-0.39, 0.29) is 4.90 Å². The van der Waals surface area contributed by atoms with E-state index >= 15 is 0 Å². The fraction of sp³-hybridized carbons (Fsp3) is 0.333. The lowest BCUT2D eigenvalue weighted by Gasteiger charge is -2.16. The quantitative estimate of drug-likeness (QED) is 0.484. The lowest BCUT2D eigenvalue weighted by Crippen LogP contribution is -2.11. The lowest BCUT2D eigenvalue weighted by molar-refractivity contribution is 0.740. The number of nitrogens with one attached hydrogen (secondary N) is 1. The first kappa shape index (κ1) is 20.8. The minimum absolute atomic E-state index is 0.139. The molecule has 8 heteroatoms. The monoisotopic (exact) mass is 398 g/mol. The van der Waals surface area contributed by atoms with Crippen LogP contribution in [0.2, 0.25) is 0 Å². The highest BCUT2D eigenvalue weighted by molar-refractivity contribution is 8.23. The van der Waals surface area contributed by atoms with E-state index in [2.05, 4.69) is 34.5 Å². The van der Waals surface area contributed by atoms with E-state index < -0.39 is 11.0 Å². The molecule has 0 saturated heterocycles. The van der Waals surface area contributed by atoms with Gasteiger partial charge < -0.3 is 5.32 Å². The van der Waals surface area contributed by atoms with Crippen molar-refractivity contribution in [3.05, 3.63) is 46.6 Å². The van der Waals surface area contributed by atoms with Gasteiger partial charge in [0.15, 0.2) is 0 Å². The maximum Gasteiger partial charge on any atom is 0.144 e. The molecule has 142 valence electrons. The summed E-state index contributed by atoms with van der Waals surface area (Å²) in [4.78, 5) is 9.09. The Morgan fingerprint density at radius 1 is 1.27 bits per heavy atom. The van der Waals surface area contributed by atoms with Gasteiger partial charge in [-0.05, 0) is 44.9 Å². The fourth-order valence-electron chi connectivity index (χ4n) is 2.21. The standard InChI is InChI=1S/C18H24F2N4S2/c1-5-12(2)11-25-18-13(3)17(23-16(24-18)10-22-4)14-6-8-15(9-7-14)26(19,20)21/h6-9,11,22H,5,10,21H2,1-4H3/b12-11+. The molecule has 0 atom stereocenters. The second-order valence-electron chi connectivity index (χ2n) is 5.92. The number of nitrogens with two attached hydrogens (primary N) is 1. The number of thioether (sulfide) groups is 1. The summed E-state index contributed by atoms with van der Waals surface area (Å²) < 4.78 is 26.6. The Bertz CT molecular complexity index is 787. The van der Waals surface area contributed by atoms with E-state index in [4.69, 9.17) is 5.14 Å². The first-order valence-corrected chi connectivity index (χ1v) is 10.6. The molecule has 0 aliphatic carbocycles. The number of aromatic nitrogens is 2. The fourth-order valence-corrected chi connectivity index (χ4v) is 3.62. The van der Waals surface area contributed by atoms with E-state index in [0.29, 0.717) is 12.4 Å². The number of rotatable bonds is 7. The van der Waals surface area contributed by atoms with Crippen LogP contribution in [-0.2, 0) is 6.54 Å². The summed E-state index contributed by atoms with van der Waals surface area (Å²) >= 11 is 1.56. The molecule has 4 nitrogen and oxygen atoms in total. The van der Waals surface area contributed by atoms with Crippen LogP contribution in [0, 0.1) is 6.92 Å². The smallest absolute Gasteiger partial charge is 0.144 e. The highest BCUT2D eigenvalue weighted by Crippen LogP contribution is 2.51. The van der Waals surface area contributed by atoms with Crippen LogP contribution in [0.1, 0.15) is 31.7 Å². The third-order valence-electron chi connectivity index (χ3n) is 3.85. The van der Waals surface area contributed by atoms with Crippen molar-refractivity contribution in [1.29, 1.82) is 0 Å². The highest BCUT2D eigenvalue weighted by Gasteiger charge is 2.19. The Balaban J connectivity index is 2.48. The molecule has 1 aromatic carbocycles. The van der Waals surface area contributed by atoms with E-state index in [1.165, 1.54) is 17.7 Å². The SMILES string of the molecule is CC/C(C)=C/Sc1nc(CNC)nc(-c2ccc(S(N)(F)F)cc2)c1C. The summed E-state index contributed by atoms with van der Waals surface area (Å²) in [5.41, 5.74) is 3.71. The van der Waals surface area contributed by atoms with Gasteiger partial charge in [0.05, 0.1) is 17.1 Å². The van der Waals surface area contributed by atoms with Crippen LogP contribution in [-0.4, -0.2) is 17.0 Å². The molecule has 2 aromatic rings. The summed E-state index contributed by atoms with van der Waals surface area (Å²) in [5, 5.41) is 11.0. The van der Waals surface area contributed by atoms with Gasteiger partial charge in [0.1, 0.15) is 21.8 Å². The minimum atomic E-state index is -4.21. The van der Waals surface area contributed by atoms with Crippen molar-refractivity contribution in [2.24, 2.45) is 5.14 Å². The van der Waals surface area contributed by atoms with Crippen LogP contribution in [0.5, 0.6) is 0 Å². The van der Waals surface area contributed by atoms with Gasteiger partial charge in [-0.25, -0.2) is 15.1 Å². The molecule has 0 saturated carbocycles. The lowest BCUT2D eigenvalue weighted by atomic mass is 10.1. The zero-order valence-corrected chi connectivity index (χ0v) is 17.0. The molecule has 0 aliphatic rings. The maximum atomic E-state index is 13.3. The second-order valence-corrected chi connectivity index (χ2v) is 8.26. The Hall–Kier alpha value is -1.48. The van der Waals surface area contributed by atoms with Gasteiger partial charge in [-0.15, -0.1) is 7.77 Å². The molecule has 26 heavy (non-hydrogen) atoms. The summed E-state index contributed by atoms with van der Waals surface area (Å²) in [6.07, 6.45) is 0.977. The van der Waals surface area contributed by atoms with Crippen LogP contribution in [0.25, 0.3) is 11.3 Å². The molecule has 0 unspecified atom stereocenters. The molecular weight excluding hydrogens is 374 g/mol. The number of hydrogen-bond donors (Lipinski definition) is 2. The van der Waals surface area contributed by atoms with Crippen LogP contribution >= 0.6 is 22.7 Å². The van der Waals surface area contributed by atoms with Gasteiger partial charge in [0.25, 0.3) is 0 Å². The Morgan fingerprint density at radius 3 is 2.46 bits per heavy atom. The third kappa shape index (κ3) is 5.26. The van der Waals surface area contributed by atoms with Crippen molar-refractivity contribution >= 4 is 22.7 Å². The third-order valence-corrected chi connectivity index (χ3v) is 5.90. The van der Waals surface area contributed by atoms with Gasteiger partial charge in [-0.1, -0.05) is 36.4 Å². The number of allylic oxidation sites excluding steroid dienone is 1. The maximum absolute atomic E-state index is 13.3. The van der Waals surface area contributed by atoms with Crippen molar-refractivity contribution in [2.45, 2.75) is 43.7 Å². The highest BCUT2D eigenvalue weighted by atomic mass is 32.3. The first-order valence-electron chi connectivity index (χ1n) is 8.21. The van der Waals surface area contributed by atoms with Crippen LogP contribution in [0.15, 0.2) is 45.2 Å². The molecule has 1 heterocycles. The number of halogens is 2. The molecular formula is C18H24F2N4S2. The predicted molar refractivity (Wildman–Crippen MR) is 107 cm³/mol. The van der Waals surface area contributed by atoms with Crippen LogP contribution in [0.3, 0.4) is 0 Å². The Kier molecular flexibility index (Phi) is 7.16. The van der Waals surface area contributed by atoms with E-state index in [9.17, 15) is 7.77 Å². The van der Waals surface area contributed by atoms with Crippen molar-refractivity contribution < 1.29 is 7.77 Å². The second kappa shape index (κ2) is 8.94. The molecule has 0 bridgehead atoms. The summed E-state index contributed by atoms with van der Waals surface area (Å²) in [7, 11) is -2.38. The molecule has 3 N–H and O–H groups in total. The number of benzene rings is 1. The molecule has 2 rings (SSSR count). The summed E-state index contributed by atoms with van der Waals surface area (Å²) in [6, 6.07) is 6.03. The van der Waals surface area contributed by atoms with Gasteiger partial charge >= 0.3 is 0 Å². The average molecular weight is 399 g/mol. The van der Waals surface area contributed by atoms with E-state index in [1.54, 1.807) is 23.9 Å². The van der Waals surface area contributed by atoms with Crippen molar-refractivity contribution in [3.63, 3.8) is 0 Å². The zero-order valence-electron chi connectivity index (χ0n) is 15.3. The summed E-state index contributed by atoms with van der Waals surface area (Å²) in [6.45, 7) is 6.66. The van der Waals surface area contributed by atoms with Crippen molar-refractivity contribution in [2.75, 3.05) is 7.05 Å². The van der Waals surface area contributed by atoms with Crippen molar-refractivity contribution in [1.82, 2.24) is 15.3 Å². The van der Waals surface area contributed by atoms with Gasteiger partial charge in [0.2, 0.25) is 0 Å². The number of nitrogens with zero attached hydrogens (tertiary/aromatic N) is 2. The molecule has 1 aromatic heterocycles. The van der Waals surface area contributed by atoms with Crippen LogP contribution < -0.4 is 10.5 Å². The number of hydrogen-bond acceptors (Lipinski definition) is 5. The molecule has 0 fully saturated rings. The summed E-state index contributed by atoms with van der Waals surface area (Å²) in [5.74, 6) is 0.664. The largest absolute Gasteiger partial charge is 0.313 e. The normalized spacial score (nSPS) is 13.1. The molecule has 0 aliphatic heterocycles. The predicted octanol–water partition coefficient (Wildman–Crippen LogP) is 5.38. The van der Waals surface area contributed by atoms with Gasteiger partial charge in [0, 0.05) is 11.1 Å². The van der Waals surface area contributed by atoms with Gasteiger partial charge in [-0.2, -0.15) is 0 Å². The van der Waals surface area contributed by atoms with Crippen molar-refractivity contribution in [3.8, 4) is 11.3 Å². The topological polar surface area (TPSA) is 63.8 Å². The van der Waals surface area contributed by atoms with Gasteiger partial charge in [-0.3, -0.25) is 0 Å². The molecule has 0 radical (unpaired) electrons. The van der Waals surface area contributed by atoms with E-state index in [1.807, 2.05) is 14.0 Å². The average Bonchev–Trinajstić information content (AvgIpc) is 2.61. The van der Waals surface area contributed by atoms with Crippen LogP contribution in [0.4, 0.5) is 7.77 Å². The van der Waals surface area contributed by atoms with E-state index in [0.717, 1.165) is 28.3 Å². The zero-order chi connectivity index (χ0) is 19.3. The Morgan fingerprint density at radius 2 is 1.92 bits per heavy atom. The minimum Gasteiger partial charge on any atom is -0.313 e. The molecule has 0 amide bonds. The molecule has 0 spiro atoms. The first-order chi connectivity index (χ1) is 12.3. The Labute approximate surface area is 159 Å².